The third kappa shape index (κ3) is 4.79. The lowest BCUT2D eigenvalue weighted by molar-refractivity contribution is -0.126. The van der Waals surface area contributed by atoms with Crippen LogP contribution in [0, 0.1) is 23.0 Å². The number of carbonyl (C=O) groups excluding carboxylic acids is 1. The van der Waals surface area contributed by atoms with E-state index in [4.69, 9.17) is 15.2 Å². The van der Waals surface area contributed by atoms with Gasteiger partial charge in [0.1, 0.15) is 40.5 Å². The number of hydrogen-bond donors (Lipinski definition) is 1. The molecule has 0 aliphatic carbocycles. The summed E-state index contributed by atoms with van der Waals surface area (Å²) in [4.78, 5) is 29.3. The van der Waals surface area contributed by atoms with Crippen molar-refractivity contribution in [3.63, 3.8) is 0 Å². The smallest absolute Gasteiger partial charge is 0.319 e. The number of hydrogen-bond acceptors (Lipinski definition) is 10. The van der Waals surface area contributed by atoms with E-state index in [1.54, 1.807) is 4.90 Å². The SMILES string of the molecule is C=CC(=O)N1CCC(N(C)c2nc(OCCOC)nc3c(F)c(-c4ccc(F)c5sc(N)c(C#N)c45)ncc23)[C@H]1C. The van der Waals surface area contributed by atoms with Gasteiger partial charge in [0.05, 0.1) is 28.3 Å². The van der Waals surface area contributed by atoms with Crippen molar-refractivity contribution in [1.82, 2.24) is 19.9 Å². The second-order valence-corrected chi connectivity index (χ2v) is 10.6. The number of amides is 1. The second-order valence-electron chi connectivity index (χ2n) is 9.55. The third-order valence-corrected chi connectivity index (χ3v) is 8.38. The number of nitrogen functional groups attached to an aromatic ring is 1. The summed E-state index contributed by atoms with van der Waals surface area (Å²) in [5.74, 6) is -1.16. The highest BCUT2D eigenvalue weighted by molar-refractivity contribution is 7.23. The van der Waals surface area contributed by atoms with E-state index in [1.807, 2.05) is 24.9 Å². The Labute approximate surface area is 238 Å². The van der Waals surface area contributed by atoms with Crippen molar-refractivity contribution in [3.05, 3.63) is 48.2 Å². The van der Waals surface area contributed by atoms with E-state index in [2.05, 4.69) is 21.5 Å². The summed E-state index contributed by atoms with van der Waals surface area (Å²) in [5, 5.41) is 10.3. The molecule has 0 radical (unpaired) electrons. The fourth-order valence-electron chi connectivity index (χ4n) is 5.28. The Balaban J connectivity index is 1.68. The minimum Gasteiger partial charge on any atom is -0.461 e. The summed E-state index contributed by atoms with van der Waals surface area (Å²) in [7, 11) is 3.34. The van der Waals surface area contributed by atoms with Gasteiger partial charge >= 0.3 is 6.01 Å². The normalized spacial score (nSPS) is 16.7. The zero-order chi connectivity index (χ0) is 29.4. The third-order valence-electron chi connectivity index (χ3n) is 7.35. The monoisotopic (exact) mass is 579 g/mol. The van der Waals surface area contributed by atoms with Crippen LogP contribution >= 0.6 is 11.3 Å². The van der Waals surface area contributed by atoms with Crippen molar-refractivity contribution < 1.29 is 23.0 Å². The number of ether oxygens (including phenoxy) is 2. The molecule has 212 valence electrons. The maximum atomic E-state index is 16.4. The number of likely N-dealkylation sites (tertiary alicyclic amines) is 1. The van der Waals surface area contributed by atoms with Crippen LogP contribution in [0.25, 0.3) is 32.2 Å². The molecule has 10 nitrogen and oxygen atoms in total. The predicted molar refractivity (Wildman–Crippen MR) is 153 cm³/mol. The van der Waals surface area contributed by atoms with Crippen molar-refractivity contribution >= 4 is 49.1 Å². The van der Waals surface area contributed by atoms with Crippen molar-refractivity contribution in [1.29, 1.82) is 5.26 Å². The molecule has 1 saturated heterocycles. The van der Waals surface area contributed by atoms with E-state index < -0.39 is 11.6 Å². The molecule has 1 fully saturated rings. The average molecular weight is 580 g/mol. The van der Waals surface area contributed by atoms with Crippen LogP contribution in [0.15, 0.2) is 31.0 Å². The molecule has 0 spiro atoms. The number of pyridine rings is 1. The lowest BCUT2D eigenvalue weighted by Gasteiger charge is -2.32. The van der Waals surface area contributed by atoms with Gasteiger partial charge in [-0.2, -0.15) is 15.2 Å². The highest BCUT2D eigenvalue weighted by Crippen LogP contribution is 2.42. The topological polar surface area (TPSA) is 130 Å². The first-order chi connectivity index (χ1) is 19.7. The van der Waals surface area contributed by atoms with Crippen LogP contribution in [-0.4, -0.2) is 71.8 Å². The number of nitrogens with zero attached hydrogens (tertiary/aromatic N) is 6. The Morgan fingerprint density at radius 2 is 2.15 bits per heavy atom. The average Bonchev–Trinajstić information content (AvgIpc) is 3.52. The lowest BCUT2D eigenvalue weighted by atomic mass is 10.0. The molecule has 1 amide bonds. The molecule has 41 heavy (non-hydrogen) atoms. The van der Waals surface area contributed by atoms with Gasteiger partial charge in [0.15, 0.2) is 5.82 Å². The number of rotatable bonds is 8. The van der Waals surface area contributed by atoms with Gasteiger partial charge in [-0.05, 0) is 31.6 Å². The maximum Gasteiger partial charge on any atom is 0.319 e. The number of benzene rings is 1. The van der Waals surface area contributed by atoms with Gasteiger partial charge in [0.2, 0.25) is 5.91 Å². The highest BCUT2D eigenvalue weighted by Gasteiger charge is 2.37. The maximum absolute atomic E-state index is 16.4. The van der Waals surface area contributed by atoms with Crippen molar-refractivity contribution in [3.8, 4) is 23.3 Å². The number of halogens is 2. The van der Waals surface area contributed by atoms with E-state index in [0.717, 1.165) is 11.3 Å². The van der Waals surface area contributed by atoms with E-state index in [1.165, 1.54) is 31.5 Å². The van der Waals surface area contributed by atoms with Gasteiger partial charge in [0.25, 0.3) is 0 Å². The van der Waals surface area contributed by atoms with Crippen LogP contribution in [0.4, 0.5) is 19.6 Å². The van der Waals surface area contributed by atoms with Crippen molar-refractivity contribution in [2.75, 3.05) is 44.5 Å². The molecule has 13 heteroatoms. The van der Waals surface area contributed by atoms with Gasteiger partial charge in [-0.1, -0.05) is 6.58 Å². The lowest BCUT2D eigenvalue weighted by Crippen LogP contribution is -2.43. The molecule has 4 heterocycles. The van der Waals surface area contributed by atoms with E-state index in [9.17, 15) is 14.4 Å². The zero-order valence-corrected chi connectivity index (χ0v) is 23.5. The van der Waals surface area contributed by atoms with E-state index in [0.29, 0.717) is 24.2 Å². The van der Waals surface area contributed by atoms with Gasteiger partial charge in [-0.15, -0.1) is 11.3 Å². The van der Waals surface area contributed by atoms with Crippen LogP contribution < -0.4 is 15.4 Å². The van der Waals surface area contributed by atoms with Crippen LogP contribution in [0.5, 0.6) is 6.01 Å². The summed E-state index contributed by atoms with van der Waals surface area (Å²) in [6.07, 6.45) is 3.38. The summed E-state index contributed by atoms with van der Waals surface area (Å²) in [6.45, 7) is 6.45. The first-order valence-corrected chi connectivity index (χ1v) is 13.6. The second kappa shape index (κ2) is 11.2. The quantitative estimate of drug-likeness (QED) is 0.240. The van der Waals surface area contributed by atoms with Crippen molar-refractivity contribution in [2.24, 2.45) is 0 Å². The molecule has 2 atom stereocenters. The Kier molecular flexibility index (Phi) is 7.70. The summed E-state index contributed by atoms with van der Waals surface area (Å²) < 4.78 is 41.9. The molecule has 5 rings (SSSR count). The van der Waals surface area contributed by atoms with Crippen LogP contribution in [0.2, 0.25) is 0 Å². The molecule has 1 aromatic carbocycles. The summed E-state index contributed by atoms with van der Waals surface area (Å²) >= 11 is 0.918. The highest BCUT2D eigenvalue weighted by atomic mass is 32.1. The van der Waals surface area contributed by atoms with Crippen LogP contribution in [0.1, 0.15) is 18.9 Å². The first kappa shape index (κ1) is 28.1. The molecule has 1 aliphatic rings. The Hall–Kier alpha value is -4.41. The molecule has 1 unspecified atom stereocenters. The standard InChI is InChI=1S/C28H27F2N7O3S/c1-5-20(38)37-9-8-19(14(37)2)36(3)27-17-13-33-23(22(30)24(17)34-28(35-27)40-11-10-39-4)15-6-7-18(29)25-21(15)16(12-31)26(32)41-25/h5-7,13-14,19H,1,8-11,32H2,2-4H3/t14-,19?/m1/s1. The minimum absolute atomic E-state index is 0.0568. The number of carbonyl (C=O) groups is 1. The van der Waals surface area contributed by atoms with Gasteiger partial charge in [-0.3, -0.25) is 9.78 Å². The zero-order valence-electron chi connectivity index (χ0n) is 22.6. The van der Waals surface area contributed by atoms with E-state index in [-0.39, 0.29) is 74.6 Å². The Morgan fingerprint density at radius 3 is 2.85 bits per heavy atom. The van der Waals surface area contributed by atoms with Gasteiger partial charge in [0, 0.05) is 43.9 Å². The predicted octanol–water partition coefficient (Wildman–Crippen LogP) is 4.28. The molecule has 3 aromatic heterocycles. The summed E-state index contributed by atoms with van der Waals surface area (Å²) in [5.41, 5.74) is 6.06. The molecule has 0 bridgehead atoms. The van der Waals surface area contributed by atoms with E-state index >= 15 is 4.39 Å². The first-order valence-electron chi connectivity index (χ1n) is 12.8. The van der Waals surface area contributed by atoms with Gasteiger partial charge < -0.3 is 25.0 Å². The number of aromatic nitrogens is 3. The fourth-order valence-corrected chi connectivity index (χ4v) is 6.23. The number of nitrogens with two attached hydrogens (primary N) is 1. The minimum atomic E-state index is -0.791. The Bertz CT molecular complexity index is 1720. The number of anilines is 2. The molecule has 4 aromatic rings. The summed E-state index contributed by atoms with van der Waals surface area (Å²) in [6, 6.07) is 4.17. The fraction of sp³-hybridized carbons (Fsp3) is 0.321. The number of methoxy groups -OCH3 is 1. The molecular weight excluding hydrogens is 552 g/mol. The Morgan fingerprint density at radius 1 is 1.37 bits per heavy atom. The van der Waals surface area contributed by atoms with Gasteiger partial charge in [-0.25, -0.2) is 8.78 Å². The number of fused-ring (bicyclic) bond motifs is 2. The number of nitriles is 1. The van der Waals surface area contributed by atoms with Crippen molar-refractivity contribution in [2.45, 2.75) is 25.4 Å². The van der Waals surface area contributed by atoms with Crippen LogP contribution in [0.3, 0.4) is 0 Å². The number of likely N-dealkylation sites (N-methyl/N-ethyl adjacent to an activating group) is 1. The van der Waals surface area contributed by atoms with Crippen LogP contribution in [-0.2, 0) is 9.53 Å². The molecule has 1 aliphatic heterocycles. The largest absolute Gasteiger partial charge is 0.461 e. The molecule has 0 saturated carbocycles. The molecule has 2 N–H and O–H groups in total. The molecular formula is C28H27F2N7O3S. The number of thiophene rings is 1.